The van der Waals surface area contributed by atoms with E-state index in [1.165, 1.54) is 0 Å². The van der Waals surface area contributed by atoms with Crippen molar-refractivity contribution in [2.75, 3.05) is 12.3 Å². The van der Waals surface area contributed by atoms with E-state index in [9.17, 15) is 5.11 Å². The molecule has 4 aromatic rings. The Morgan fingerprint density at radius 3 is 2.79 bits per heavy atom. The molecule has 0 fully saturated rings. The number of hydrogen-bond acceptors (Lipinski definition) is 5. The highest BCUT2D eigenvalue weighted by molar-refractivity contribution is 7.17. The van der Waals surface area contributed by atoms with E-state index in [0.29, 0.717) is 12.4 Å². The summed E-state index contributed by atoms with van der Waals surface area (Å²) in [6.45, 7) is 0.494. The van der Waals surface area contributed by atoms with E-state index in [1.807, 2.05) is 52.4 Å². The standard InChI is InChI=1S/C18H16N4OS/c19-18-13-6-9-24-15(13)10-14(21-18)17-16(12-4-2-1-3-5-12)20-11-22(17)7-8-23/h1-6,9-11,23H,7-8H2,(H2,19,21). The van der Waals surface area contributed by atoms with Gasteiger partial charge in [-0.05, 0) is 17.5 Å². The molecule has 0 aliphatic heterocycles. The molecule has 0 bridgehead atoms. The minimum Gasteiger partial charge on any atom is -0.395 e. The van der Waals surface area contributed by atoms with Gasteiger partial charge in [0.05, 0.1) is 30.0 Å². The first-order chi connectivity index (χ1) is 11.8. The number of aliphatic hydroxyl groups is 1. The summed E-state index contributed by atoms with van der Waals surface area (Å²) in [6.07, 6.45) is 1.74. The van der Waals surface area contributed by atoms with Crippen LogP contribution in [0, 0.1) is 0 Å². The average molecular weight is 336 g/mol. The van der Waals surface area contributed by atoms with Crippen molar-refractivity contribution < 1.29 is 5.11 Å². The Hall–Kier alpha value is -2.70. The zero-order valence-corrected chi connectivity index (χ0v) is 13.7. The monoisotopic (exact) mass is 336 g/mol. The van der Waals surface area contributed by atoms with Crippen LogP contribution in [-0.4, -0.2) is 26.2 Å². The topological polar surface area (TPSA) is 77.0 Å². The van der Waals surface area contributed by atoms with Crippen molar-refractivity contribution in [1.29, 1.82) is 0 Å². The van der Waals surface area contributed by atoms with E-state index in [4.69, 9.17) is 5.73 Å². The molecular formula is C18H16N4OS. The largest absolute Gasteiger partial charge is 0.395 e. The van der Waals surface area contributed by atoms with E-state index < -0.39 is 0 Å². The summed E-state index contributed by atoms with van der Waals surface area (Å²) in [6, 6.07) is 14.0. The molecule has 120 valence electrons. The van der Waals surface area contributed by atoms with Crippen LogP contribution < -0.4 is 5.73 Å². The van der Waals surface area contributed by atoms with Crippen LogP contribution in [0.4, 0.5) is 5.82 Å². The zero-order chi connectivity index (χ0) is 16.5. The Kier molecular flexibility index (Phi) is 3.76. The second-order valence-corrected chi connectivity index (χ2v) is 6.40. The number of imidazole rings is 1. The van der Waals surface area contributed by atoms with E-state index >= 15 is 0 Å². The van der Waals surface area contributed by atoms with Crippen LogP contribution >= 0.6 is 11.3 Å². The van der Waals surface area contributed by atoms with Gasteiger partial charge in [0.25, 0.3) is 0 Å². The Balaban J connectivity index is 1.96. The highest BCUT2D eigenvalue weighted by Crippen LogP contribution is 2.34. The van der Waals surface area contributed by atoms with E-state index in [0.717, 1.165) is 32.7 Å². The van der Waals surface area contributed by atoms with Crippen LogP contribution in [-0.2, 0) is 6.54 Å². The van der Waals surface area contributed by atoms with Gasteiger partial charge in [-0.1, -0.05) is 30.3 Å². The lowest BCUT2D eigenvalue weighted by Crippen LogP contribution is -2.04. The van der Waals surface area contributed by atoms with Crippen LogP contribution in [0.5, 0.6) is 0 Å². The molecule has 0 saturated carbocycles. The van der Waals surface area contributed by atoms with Crippen molar-refractivity contribution in [3.8, 4) is 22.6 Å². The van der Waals surface area contributed by atoms with Gasteiger partial charge in [-0.25, -0.2) is 9.97 Å². The van der Waals surface area contributed by atoms with Crippen molar-refractivity contribution in [1.82, 2.24) is 14.5 Å². The third-order valence-corrected chi connectivity index (χ3v) is 4.81. The minimum atomic E-state index is 0.0360. The number of hydrogen-bond donors (Lipinski definition) is 2. The van der Waals surface area contributed by atoms with Gasteiger partial charge in [0, 0.05) is 22.2 Å². The summed E-state index contributed by atoms with van der Waals surface area (Å²) < 4.78 is 3.01. The lowest BCUT2D eigenvalue weighted by atomic mass is 10.1. The lowest BCUT2D eigenvalue weighted by Gasteiger charge is -2.10. The predicted octanol–water partition coefficient (Wildman–Crippen LogP) is 3.40. The maximum absolute atomic E-state index is 9.37. The molecule has 0 spiro atoms. The van der Waals surface area contributed by atoms with Crippen molar-refractivity contribution in [2.45, 2.75) is 6.54 Å². The fraction of sp³-hybridized carbons (Fsp3) is 0.111. The highest BCUT2D eigenvalue weighted by atomic mass is 32.1. The Bertz CT molecular complexity index is 991. The number of anilines is 1. The SMILES string of the molecule is Nc1nc(-c2c(-c3ccccc3)ncn2CCO)cc2sccc12. The van der Waals surface area contributed by atoms with Crippen LogP contribution in [0.2, 0.25) is 0 Å². The van der Waals surface area contributed by atoms with Gasteiger partial charge in [0.15, 0.2) is 0 Å². The molecule has 0 amide bonds. The van der Waals surface area contributed by atoms with Gasteiger partial charge in [0.2, 0.25) is 0 Å². The fourth-order valence-electron chi connectivity index (χ4n) is 2.85. The van der Waals surface area contributed by atoms with E-state index in [2.05, 4.69) is 9.97 Å². The van der Waals surface area contributed by atoms with E-state index in [1.54, 1.807) is 17.7 Å². The molecule has 0 atom stereocenters. The number of aliphatic hydroxyl groups excluding tert-OH is 1. The number of nitrogens with zero attached hydrogens (tertiary/aromatic N) is 3. The molecule has 0 saturated heterocycles. The molecule has 5 nitrogen and oxygen atoms in total. The second kappa shape index (κ2) is 6.07. The van der Waals surface area contributed by atoms with Crippen molar-refractivity contribution in [2.24, 2.45) is 0 Å². The summed E-state index contributed by atoms with van der Waals surface area (Å²) in [7, 11) is 0. The molecular weight excluding hydrogens is 320 g/mol. The summed E-state index contributed by atoms with van der Waals surface area (Å²) >= 11 is 1.63. The fourth-order valence-corrected chi connectivity index (χ4v) is 3.68. The van der Waals surface area contributed by atoms with Gasteiger partial charge in [0.1, 0.15) is 5.82 Å². The number of benzene rings is 1. The summed E-state index contributed by atoms with van der Waals surface area (Å²) in [5.41, 5.74) is 9.63. The first kappa shape index (κ1) is 14.9. The molecule has 1 aromatic carbocycles. The normalized spacial score (nSPS) is 11.2. The van der Waals surface area contributed by atoms with Gasteiger partial charge in [-0.2, -0.15) is 0 Å². The summed E-state index contributed by atoms with van der Waals surface area (Å²) in [5, 5.41) is 12.4. The smallest absolute Gasteiger partial charge is 0.132 e. The van der Waals surface area contributed by atoms with Crippen LogP contribution in [0.1, 0.15) is 0 Å². The molecule has 0 aliphatic carbocycles. The minimum absolute atomic E-state index is 0.0360. The van der Waals surface area contributed by atoms with Crippen molar-refractivity contribution in [3.05, 3.63) is 54.2 Å². The number of nitrogen functional groups attached to an aromatic ring is 1. The Morgan fingerprint density at radius 2 is 2.00 bits per heavy atom. The van der Waals surface area contributed by atoms with Crippen LogP contribution in [0.25, 0.3) is 32.7 Å². The number of aromatic nitrogens is 3. The molecule has 0 unspecified atom stereocenters. The highest BCUT2D eigenvalue weighted by Gasteiger charge is 2.17. The maximum atomic E-state index is 9.37. The molecule has 3 heterocycles. The molecule has 6 heteroatoms. The first-order valence-corrected chi connectivity index (χ1v) is 8.51. The number of rotatable bonds is 4. The third kappa shape index (κ3) is 2.46. The average Bonchev–Trinajstić information content (AvgIpc) is 3.23. The van der Waals surface area contributed by atoms with Gasteiger partial charge < -0.3 is 15.4 Å². The van der Waals surface area contributed by atoms with Crippen LogP contribution in [0.3, 0.4) is 0 Å². The summed E-state index contributed by atoms with van der Waals surface area (Å²) in [4.78, 5) is 9.14. The zero-order valence-electron chi connectivity index (χ0n) is 12.9. The molecule has 24 heavy (non-hydrogen) atoms. The second-order valence-electron chi connectivity index (χ2n) is 5.45. The number of fused-ring (bicyclic) bond motifs is 1. The number of pyridine rings is 1. The lowest BCUT2D eigenvalue weighted by molar-refractivity contribution is 0.276. The van der Waals surface area contributed by atoms with Crippen molar-refractivity contribution >= 4 is 27.2 Å². The van der Waals surface area contributed by atoms with Crippen molar-refractivity contribution in [3.63, 3.8) is 0 Å². The quantitative estimate of drug-likeness (QED) is 0.599. The maximum Gasteiger partial charge on any atom is 0.132 e. The molecule has 0 aliphatic rings. The van der Waals surface area contributed by atoms with Crippen LogP contribution in [0.15, 0.2) is 54.2 Å². The number of thiophene rings is 1. The van der Waals surface area contributed by atoms with Gasteiger partial charge >= 0.3 is 0 Å². The molecule has 4 rings (SSSR count). The van der Waals surface area contributed by atoms with Gasteiger partial charge in [-0.3, -0.25) is 0 Å². The Labute approximate surface area is 143 Å². The number of nitrogens with two attached hydrogens (primary N) is 1. The first-order valence-electron chi connectivity index (χ1n) is 7.63. The Morgan fingerprint density at radius 1 is 1.17 bits per heavy atom. The third-order valence-electron chi connectivity index (χ3n) is 3.95. The molecule has 3 N–H and O–H groups in total. The summed E-state index contributed by atoms with van der Waals surface area (Å²) in [5.74, 6) is 0.513. The van der Waals surface area contributed by atoms with Gasteiger partial charge in [-0.15, -0.1) is 11.3 Å². The molecule has 3 aromatic heterocycles. The predicted molar refractivity (Wildman–Crippen MR) is 97.8 cm³/mol. The van der Waals surface area contributed by atoms with E-state index in [-0.39, 0.29) is 6.61 Å². The molecule has 0 radical (unpaired) electrons.